The van der Waals surface area contributed by atoms with Gasteiger partial charge >= 0.3 is 0 Å². The zero-order chi connectivity index (χ0) is 14.6. The maximum atomic E-state index is 11.8. The molecule has 4 nitrogen and oxygen atoms in total. The Labute approximate surface area is 122 Å². The van der Waals surface area contributed by atoms with Crippen LogP contribution in [0.2, 0.25) is 0 Å². The average molecular weight is 330 g/mol. The molecule has 0 aliphatic heterocycles. The summed E-state index contributed by atoms with van der Waals surface area (Å²) >= 11 is 3.47. The summed E-state index contributed by atoms with van der Waals surface area (Å²) in [6.45, 7) is 6.08. The molecule has 0 radical (unpaired) electrons. The van der Waals surface area contributed by atoms with E-state index < -0.39 is 5.41 Å². The van der Waals surface area contributed by atoms with Crippen LogP contribution < -0.4 is 14.8 Å². The number of ether oxygens (including phenoxy) is 2. The minimum absolute atomic E-state index is 0.00850. The molecule has 0 bridgehead atoms. The molecule has 1 amide bonds. The summed E-state index contributed by atoms with van der Waals surface area (Å²) in [5.74, 6) is 1.31. The molecule has 5 heteroatoms. The SMILES string of the molecule is COc1cc(Br)c(CNC(=O)C(C)(C)C)cc1OC. The van der Waals surface area contributed by atoms with Gasteiger partial charge in [0.05, 0.1) is 14.2 Å². The van der Waals surface area contributed by atoms with E-state index in [0.29, 0.717) is 18.0 Å². The highest BCUT2D eigenvalue weighted by Gasteiger charge is 2.21. The molecule has 0 aliphatic carbocycles. The van der Waals surface area contributed by atoms with Gasteiger partial charge in [-0.1, -0.05) is 36.7 Å². The van der Waals surface area contributed by atoms with Crippen molar-refractivity contribution in [3.05, 3.63) is 22.2 Å². The molecule has 19 heavy (non-hydrogen) atoms. The van der Waals surface area contributed by atoms with Gasteiger partial charge in [0.1, 0.15) is 0 Å². The molecule has 0 saturated heterocycles. The van der Waals surface area contributed by atoms with Gasteiger partial charge in [0.25, 0.3) is 0 Å². The molecule has 1 aromatic carbocycles. The van der Waals surface area contributed by atoms with Crippen molar-refractivity contribution in [2.45, 2.75) is 27.3 Å². The van der Waals surface area contributed by atoms with Crippen molar-refractivity contribution >= 4 is 21.8 Å². The molecule has 1 N–H and O–H groups in total. The van der Waals surface area contributed by atoms with E-state index >= 15 is 0 Å². The molecule has 1 aromatic rings. The fourth-order valence-corrected chi connectivity index (χ4v) is 1.93. The van der Waals surface area contributed by atoms with Crippen molar-refractivity contribution in [3.8, 4) is 11.5 Å². The number of hydrogen-bond donors (Lipinski definition) is 1. The Morgan fingerprint density at radius 3 is 2.21 bits per heavy atom. The van der Waals surface area contributed by atoms with Crippen LogP contribution in [0.15, 0.2) is 16.6 Å². The van der Waals surface area contributed by atoms with Gasteiger partial charge in [0, 0.05) is 16.4 Å². The van der Waals surface area contributed by atoms with Gasteiger partial charge in [-0.25, -0.2) is 0 Å². The predicted octanol–water partition coefficient (Wildman–Crippen LogP) is 3.13. The molecule has 0 saturated carbocycles. The van der Waals surface area contributed by atoms with E-state index in [-0.39, 0.29) is 5.91 Å². The summed E-state index contributed by atoms with van der Waals surface area (Å²) in [4.78, 5) is 11.8. The minimum Gasteiger partial charge on any atom is -0.493 e. The van der Waals surface area contributed by atoms with Crippen molar-refractivity contribution in [1.82, 2.24) is 5.32 Å². The second kappa shape index (κ2) is 6.28. The van der Waals surface area contributed by atoms with Gasteiger partial charge in [-0.15, -0.1) is 0 Å². The molecular formula is C14H20BrNO3. The van der Waals surface area contributed by atoms with E-state index in [1.54, 1.807) is 14.2 Å². The van der Waals surface area contributed by atoms with Gasteiger partial charge < -0.3 is 14.8 Å². The number of carbonyl (C=O) groups is 1. The molecule has 0 atom stereocenters. The van der Waals surface area contributed by atoms with Crippen LogP contribution >= 0.6 is 15.9 Å². The molecule has 1 rings (SSSR count). The summed E-state index contributed by atoms with van der Waals surface area (Å²) in [5, 5.41) is 2.90. The Hall–Kier alpha value is -1.23. The van der Waals surface area contributed by atoms with Crippen LogP contribution in [0, 0.1) is 5.41 Å². The topological polar surface area (TPSA) is 47.6 Å². The summed E-state index contributed by atoms with van der Waals surface area (Å²) < 4.78 is 11.3. The van der Waals surface area contributed by atoms with E-state index in [0.717, 1.165) is 10.0 Å². The second-order valence-corrected chi connectivity index (χ2v) is 6.09. The summed E-state index contributed by atoms with van der Waals surface area (Å²) in [6.07, 6.45) is 0. The molecule has 0 spiro atoms. The van der Waals surface area contributed by atoms with Crippen LogP contribution in [0.5, 0.6) is 11.5 Å². The van der Waals surface area contributed by atoms with Crippen LogP contribution in [0.4, 0.5) is 0 Å². The van der Waals surface area contributed by atoms with Gasteiger partial charge in [0.2, 0.25) is 5.91 Å². The molecule has 0 unspecified atom stereocenters. The van der Waals surface area contributed by atoms with Crippen molar-refractivity contribution in [2.24, 2.45) is 5.41 Å². The highest BCUT2D eigenvalue weighted by Crippen LogP contribution is 2.33. The van der Waals surface area contributed by atoms with Crippen LogP contribution in [0.3, 0.4) is 0 Å². The molecule has 0 aliphatic rings. The van der Waals surface area contributed by atoms with Gasteiger partial charge in [-0.05, 0) is 17.7 Å². The lowest BCUT2D eigenvalue weighted by atomic mass is 9.95. The maximum Gasteiger partial charge on any atom is 0.225 e. The lowest BCUT2D eigenvalue weighted by Crippen LogP contribution is -2.34. The zero-order valence-electron chi connectivity index (χ0n) is 12.0. The van der Waals surface area contributed by atoms with E-state index in [1.807, 2.05) is 32.9 Å². The molecule has 106 valence electrons. The maximum absolute atomic E-state index is 11.8. The third-order valence-corrected chi connectivity index (χ3v) is 3.41. The van der Waals surface area contributed by atoms with Crippen LogP contribution in [-0.4, -0.2) is 20.1 Å². The smallest absolute Gasteiger partial charge is 0.225 e. The highest BCUT2D eigenvalue weighted by atomic mass is 79.9. The first-order chi connectivity index (χ1) is 8.79. The molecule has 0 heterocycles. The normalized spacial score (nSPS) is 11.1. The number of carbonyl (C=O) groups excluding carboxylic acids is 1. The third kappa shape index (κ3) is 4.13. The fraction of sp³-hybridized carbons (Fsp3) is 0.500. The predicted molar refractivity (Wildman–Crippen MR) is 78.5 cm³/mol. The number of halogens is 1. The van der Waals surface area contributed by atoms with Gasteiger partial charge in [-0.2, -0.15) is 0 Å². The highest BCUT2D eigenvalue weighted by molar-refractivity contribution is 9.10. The summed E-state index contributed by atoms with van der Waals surface area (Å²) in [7, 11) is 3.18. The first-order valence-corrected chi connectivity index (χ1v) is 6.77. The van der Waals surface area contributed by atoms with E-state index in [2.05, 4.69) is 21.2 Å². The summed E-state index contributed by atoms with van der Waals surface area (Å²) in [5.41, 5.74) is 0.540. The summed E-state index contributed by atoms with van der Waals surface area (Å²) in [6, 6.07) is 3.68. The standard InChI is InChI=1S/C14H20BrNO3/c1-14(2,3)13(17)16-8-9-6-11(18-4)12(19-5)7-10(9)15/h6-7H,8H2,1-5H3,(H,16,17). The fourth-order valence-electron chi connectivity index (χ4n) is 1.47. The molecule has 0 fully saturated rings. The Morgan fingerprint density at radius 1 is 1.21 bits per heavy atom. The first-order valence-electron chi connectivity index (χ1n) is 5.98. The van der Waals surface area contributed by atoms with Crippen molar-refractivity contribution in [3.63, 3.8) is 0 Å². The first kappa shape index (κ1) is 15.8. The molecular weight excluding hydrogens is 310 g/mol. The van der Waals surface area contributed by atoms with E-state index in [9.17, 15) is 4.79 Å². The lowest BCUT2D eigenvalue weighted by molar-refractivity contribution is -0.128. The van der Waals surface area contributed by atoms with E-state index in [1.165, 1.54) is 0 Å². The number of hydrogen-bond acceptors (Lipinski definition) is 3. The Kier molecular flexibility index (Phi) is 5.23. The van der Waals surface area contributed by atoms with Gasteiger partial charge in [-0.3, -0.25) is 4.79 Å². The lowest BCUT2D eigenvalue weighted by Gasteiger charge is -2.18. The second-order valence-electron chi connectivity index (χ2n) is 5.23. The van der Waals surface area contributed by atoms with Crippen molar-refractivity contribution < 1.29 is 14.3 Å². The van der Waals surface area contributed by atoms with Crippen LogP contribution in [-0.2, 0) is 11.3 Å². The van der Waals surface area contributed by atoms with Crippen LogP contribution in [0.1, 0.15) is 26.3 Å². The largest absolute Gasteiger partial charge is 0.493 e. The van der Waals surface area contributed by atoms with E-state index in [4.69, 9.17) is 9.47 Å². The van der Waals surface area contributed by atoms with Crippen molar-refractivity contribution in [1.29, 1.82) is 0 Å². The van der Waals surface area contributed by atoms with Crippen molar-refractivity contribution in [2.75, 3.05) is 14.2 Å². The van der Waals surface area contributed by atoms with Gasteiger partial charge in [0.15, 0.2) is 11.5 Å². The average Bonchev–Trinajstić information content (AvgIpc) is 2.35. The Morgan fingerprint density at radius 2 is 1.74 bits per heavy atom. The number of methoxy groups -OCH3 is 2. The monoisotopic (exact) mass is 329 g/mol. The Balaban J connectivity index is 2.88. The minimum atomic E-state index is -0.400. The Bertz CT molecular complexity index is 466. The molecule has 0 aromatic heterocycles. The number of benzene rings is 1. The number of rotatable bonds is 4. The number of nitrogens with one attached hydrogen (secondary N) is 1. The quantitative estimate of drug-likeness (QED) is 0.923. The third-order valence-electron chi connectivity index (χ3n) is 2.67. The van der Waals surface area contributed by atoms with Crippen LogP contribution in [0.25, 0.3) is 0 Å². The number of amides is 1. The zero-order valence-corrected chi connectivity index (χ0v) is 13.6.